The molecule has 0 unspecified atom stereocenters. The molecule has 2 aliphatic carbocycles. The molecule has 0 radical (unpaired) electrons. The van der Waals surface area contributed by atoms with Crippen LogP contribution in [0.1, 0.15) is 68.2 Å². The first-order chi connectivity index (χ1) is 21.9. The maximum Gasteiger partial charge on any atom is 0.278 e. The van der Waals surface area contributed by atoms with E-state index in [0.717, 1.165) is 36.8 Å². The number of benzene rings is 1. The maximum atomic E-state index is 13.4. The molecule has 10 nitrogen and oxygen atoms in total. The van der Waals surface area contributed by atoms with Crippen LogP contribution in [0.3, 0.4) is 0 Å². The number of aliphatic hydroxyl groups is 1. The van der Waals surface area contributed by atoms with Crippen molar-refractivity contribution >= 4 is 22.7 Å². The minimum atomic E-state index is -0.962. The van der Waals surface area contributed by atoms with Gasteiger partial charge in [-0.05, 0) is 85.6 Å². The van der Waals surface area contributed by atoms with Crippen molar-refractivity contribution in [2.45, 2.75) is 76.0 Å². The van der Waals surface area contributed by atoms with E-state index in [2.05, 4.69) is 51.4 Å². The summed E-state index contributed by atoms with van der Waals surface area (Å²) in [5.74, 6) is 1.55. The van der Waals surface area contributed by atoms with Crippen LogP contribution < -0.4 is 16.2 Å². The fourth-order valence-corrected chi connectivity index (χ4v) is 8.07. The third-order valence-corrected chi connectivity index (χ3v) is 11.0. The Bertz CT molecular complexity index is 1810. The van der Waals surface area contributed by atoms with Crippen LogP contribution in [0, 0.1) is 5.41 Å². The van der Waals surface area contributed by atoms with E-state index >= 15 is 0 Å². The van der Waals surface area contributed by atoms with Crippen molar-refractivity contribution < 1.29 is 5.11 Å². The van der Waals surface area contributed by atoms with Crippen molar-refractivity contribution in [3.63, 3.8) is 0 Å². The highest BCUT2D eigenvalue weighted by Crippen LogP contribution is 2.49. The Morgan fingerprint density at radius 3 is 2.56 bits per heavy atom. The number of fused-ring (bicyclic) bond motifs is 2. The predicted molar refractivity (Wildman–Crippen MR) is 175 cm³/mol. The summed E-state index contributed by atoms with van der Waals surface area (Å²) in [5.41, 5.74) is 3.87. The number of nitrogens with one attached hydrogen (secondary N) is 2. The number of rotatable bonds is 8. The van der Waals surface area contributed by atoms with Gasteiger partial charge in [-0.15, -0.1) is 6.58 Å². The number of pyridine rings is 1. The number of nitrogens with zero attached hydrogens (tertiary/aromatic N) is 6. The van der Waals surface area contributed by atoms with Gasteiger partial charge < -0.3 is 15.7 Å². The molecular formula is C35H42N8O2. The molecule has 3 N–H and O–H groups in total. The van der Waals surface area contributed by atoms with Crippen LogP contribution >= 0.6 is 0 Å². The van der Waals surface area contributed by atoms with Gasteiger partial charge in [-0.1, -0.05) is 31.2 Å². The van der Waals surface area contributed by atoms with Gasteiger partial charge in [-0.25, -0.2) is 19.3 Å². The second-order valence-electron chi connectivity index (χ2n) is 13.7. The van der Waals surface area contributed by atoms with Gasteiger partial charge in [0.1, 0.15) is 11.0 Å². The molecule has 1 atom stereocenters. The van der Waals surface area contributed by atoms with Gasteiger partial charge >= 0.3 is 0 Å². The molecule has 0 amide bonds. The monoisotopic (exact) mass is 606 g/mol. The van der Waals surface area contributed by atoms with E-state index in [1.807, 2.05) is 19.1 Å². The summed E-state index contributed by atoms with van der Waals surface area (Å²) in [5, 5.41) is 18.4. The van der Waals surface area contributed by atoms with Gasteiger partial charge in [-0.3, -0.25) is 9.69 Å². The second kappa shape index (κ2) is 10.9. The maximum absolute atomic E-state index is 13.4. The van der Waals surface area contributed by atoms with Crippen molar-refractivity contribution in [1.29, 1.82) is 0 Å². The minimum absolute atomic E-state index is 0.210. The third kappa shape index (κ3) is 4.81. The van der Waals surface area contributed by atoms with Crippen LogP contribution in [-0.4, -0.2) is 66.5 Å². The number of hydrogen-bond acceptors (Lipinski definition) is 8. The van der Waals surface area contributed by atoms with Crippen molar-refractivity contribution in [1.82, 2.24) is 34.5 Å². The predicted octanol–water partition coefficient (Wildman–Crippen LogP) is 4.38. The largest absolute Gasteiger partial charge is 0.384 e. The molecule has 2 aliphatic heterocycles. The number of likely N-dealkylation sites (tertiary alicyclic amines) is 1. The highest BCUT2D eigenvalue weighted by atomic mass is 16.3. The fourth-order valence-electron chi connectivity index (χ4n) is 8.07. The summed E-state index contributed by atoms with van der Waals surface area (Å²) in [7, 11) is 0. The Morgan fingerprint density at radius 1 is 1.09 bits per heavy atom. The van der Waals surface area contributed by atoms with E-state index < -0.39 is 5.60 Å². The molecule has 3 fully saturated rings. The van der Waals surface area contributed by atoms with Crippen LogP contribution in [0.25, 0.3) is 16.9 Å². The van der Waals surface area contributed by atoms with Crippen LogP contribution in [-0.2, 0) is 18.6 Å². The molecule has 2 saturated heterocycles. The molecule has 1 aromatic carbocycles. The zero-order chi connectivity index (χ0) is 30.8. The highest BCUT2D eigenvalue weighted by molar-refractivity contribution is 5.77. The van der Waals surface area contributed by atoms with E-state index in [4.69, 9.17) is 9.97 Å². The number of aryl methyl sites for hydroxylation is 1. The first-order valence-electron chi connectivity index (χ1n) is 16.5. The lowest BCUT2D eigenvalue weighted by Crippen LogP contribution is -2.68. The van der Waals surface area contributed by atoms with Gasteiger partial charge in [0.2, 0.25) is 5.95 Å². The van der Waals surface area contributed by atoms with E-state index in [-0.39, 0.29) is 12.1 Å². The molecule has 1 spiro atoms. The van der Waals surface area contributed by atoms with E-state index in [1.54, 1.807) is 21.6 Å². The number of allylic oxidation sites excluding steroid dienone is 1. The molecule has 1 saturated carbocycles. The quantitative estimate of drug-likeness (QED) is 0.254. The molecule has 4 aliphatic rings. The smallest absolute Gasteiger partial charge is 0.278 e. The van der Waals surface area contributed by atoms with Crippen LogP contribution in [0.15, 0.2) is 60.0 Å². The molecule has 234 valence electrons. The van der Waals surface area contributed by atoms with E-state index in [1.165, 1.54) is 44.3 Å². The minimum Gasteiger partial charge on any atom is -0.384 e. The molecule has 8 rings (SSSR count). The average Bonchev–Trinajstić information content (AvgIpc) is 3.49. The summed E-state index contributed by atoms with van der Waals surface area (Å²) in [4.78, 5) is 30.3. The topological polar surface area (TPSA) is 113 Å². The van der Waals surface area contributed by atoms with Gasteiger partial charge in [-0.2, -0.15) is 4.98 Å². The summed E-state index contributed by atoms with van der Waals surface area (Å²) in [6.07, 6.45) is 10.4. The highest BCUT2D eigenvalue weighted by Gasteiger charge is 2.48. The lowest BCUT2D eigenvalue weighted by atomic mass is 9.64. The Kier molecular flexibility index (Phi) is 6.92. The van der Waals surface area contributed by atoms with E-state index in [0.29, 0.717) is 52.7 Å². The average molecular weight is 607 g/mol. The van der Waals surface area contributed by atoms with Gasteiger partial charge in [0.15, 0.2) is 11.5 Å². The Labute approximate surface area is 263 Å². The number of aromatic nitrogens is 5. The third-order valence-electron chi connectivity index (χ3n) is 11.0. The summed E-state index contributed by atoms with van der Waals surface area (Å²) in [6.45, 7) is 11.0. The zero-order valence-corrected chi connectivity index (χ0v) is 26.0. The Balaban J connectivity index is 1.02. The van der Waals surface area contributed by atoms with Gasteiger partial charge in [0.25, 0.3) is 5.56 Å². The first-order valence-corrected chi connectivity index (χ1v) is 16.5. The van der Waals surface area contributed by atoms with Crippen LogP contribution in [0.2, 0.25) is 0 Å². The normalized spacial score (nSPS) is 23.2. The van der Waals surface area contributed by atoms with Crippen molar-refractivity contribution in [3.8, 4) is 5.82 Å². The van der Waals surface area contributed by atoms with Crippen LogP contribution in [0.5, 0.6) is 0 Å². The zero-order valence-electron chi connectivity index (χ0n) is 26.0. The first kappa shape index (κ1) is 28.6. The SMILES string of the molecule is C=CCn1c(=O)c2cnc(Nc3ccc(C4CCC5(CC4)CN(C4CNC4)C5)cc3)nc2n1-c1ccc2c(n1)[C@@](O)(CC)CC2. The molecule has 3 aromatic heterocycles. The van der Waals surface area contributed by atoms with Crippen LogP contribution in [0.4, 0.5) is 11.6 Å². The molecule has 10 heteroatoms. The van der Waals surface area contributed by atoms with Gasteiger partial charge in [0, 0.05) is 44.1 Å². The number of anilines is 2. The Morgan fingerprint density at radius 2 is 1.87 bits per heavy atom. The fraction of sp³-hybridized carbons (Fsp3) is 0.486. The molecule has 5 heterocycles. The summed E-state index contributed by atoms with van der Waals surface area (Å²) < 4.78 is 3.30. The van der Waals surface area contributed by atoms with Crippen molar-refractivity contribution in [2.75, 3.05) is 31.5 Å². The summed E-state index contributed by atoms with van der Waals surface area (Å²) in [6, 6.07) is 13.3. The summed E-state index contributed by atoms with van der Waals surface area (Å²) >= 11 is 0. The lowest BCUT2D eigenvalue weighted by molar-refractivity contribution is -0.0689. The lowest BCUT2D eigenvalue weighted by Gasteiger charge is -2.58. The molecule has 4 aromatic rings. The standard InChI is InChI=1S/C35H42N8O2/c1-3-17-42-32(44)28-20-37-33(40-31(28)43(42)29-10-7-25-13-16-35(45,4-2)30(25)39-29)38-26-8-5-23(6-9-26)24-11-14-34(15-12-24)21-41(22-34)27-18-36-19-27/h3,5-10,20,24,27,36,45H,1,4,11-19,21-22H2,2H3,(H,37,38,40)/t35-/m1/s1. The molecular weight excluding hydrogens is 564 g/mol. The number of hydrogen-bond donors (Lipinski definition) is 3. The second-order valence-corrected chi connectivity index (χ2v) is 13.7. The van der Waals surface area contributed by atoms with Crippen molar-refractivity contribution in [2.24, 2.45) is 5.41 Å². The van der Waals surface area contributed by atoms with Gasteiger partial charge in [0.05, 0.1) is 12.2 Å². The Hall–Kier alpha value is -3.86. The molecule has 0 bridgehead atoms. The molecule has 45 heavy (non-hydrogen) atoms. The van der Waals surface area contributed by atoms with Crippen molar-refractivity contribution in [3.05, 3.63) is 82.4 Å². The van der Waals surface area contributed by atoms with E-state index in [9.17, 15) is 9.90 Å².